The molecule has 13 heavy (non-hydrogen) atoms. The van der Waals surface area contributed by atoms with E-state index in [9.17, 15) is 0 Å². The zero-order valence-corrected chi connectivity index (χ0v) is 7.81. The summed E-state index contributed by atoms with van der Waals surface area (Å²) in [6.07, 6.45) is 7.46. The first-order chi connectivity index (χ1) is 6.33. The van der Waals surface area contributed by atoms with Gasteiger partial charge in [-0.3, -0.25) is 0 Å². The fraction of sp³-hybridized carbons (Fsp3) is 0.333. The quantitative estimate of drug-likeness (QED) is 0.691. The number of aryl methyl sites for hydroxylation is 2. The summed E-state index contributed by atoms with van der Waals surface area (Å²) in [4.78, 5) is 8.52. The second kappa shape index (κ2) is 3.05. The lowest BCUT2D eigenvalue weighted by molar-refractivity contribution is 0.756. The Morgan fingerprint density at radius 1 is 1.15 bits per heavy atom. The molecule has 2 aromatic heterocycles. The van der Waals surface area contributed by atoms with E-state index in [1.807, 2.05) is 24.0 Å². The minimum absolute atomic E-state index is 0.909. The summed E-state index contributed by atoms with van der Waals surface area (Å²) in [5.41, 5.74) is 0. The van der Waals surface area contributed by atoms with Gasteiger partial charge < -0.3 is 9.13 Å². The molecule has 0 atom stereocenters. The third-order valence-electron chi connectivity index (χ3n) is 2.08. The van der Waals surface area contributed by atoms with Gasteiger partial charge >= 0.3 is 0 Å². The van der Waals surface area contributed by atoms with Gasteiger partial charge in [0.2, 0.25) is 0 Å². The smallest absolute Gasteiger partial charge is 0.176 e. The maximum absolute atomic E-state index is 4.27. The summed E-state index contributed by atoms with van der Waals surface area (Å²) in [7, 11) is 1.97. The van der Waals surface area contributed by atoms with Crippen molar-refractivity contribution in [3.63, 3.8) is 0 Å². The van der Waals surface area contributed by atoms with Crippen LogP contribution in [0.5, 0.6) is 0 Å². The fourth-order valence-electron chi connectivity index (χ4n) is 1.35. The molecule has 0 unspecified atom stereocenters. The Balaban J connectivity index is 2.52. The van der Waals surface area contributed by atoms with Crippen molar-refractivity contribution in [3.05, 3.63) is 24.8 Å². The number of hydrogen-bond donors (Lipinski definition) is 0. The van der Waals surface area contributed by atoms with E-state index in [0.717, 1.165) is 18.2 Å². The molecule has 0 N–H and O–H groups in total. The van der Waals surface area contributed by atoms with E-state index in [0.29, 0.717) is 0 Å². The molecule has 0 aliphatic carbocycles. The molecule has 4 nitrogen and oxygen atoms in total. The van der Waals surface area contributed by atoms with Gasteiger partial charge in [-0.15, -0.1) is 0 Å². The molecule has 2 heterocycles. The largest absolute Gasteiger partial charge is 0.331 e. The first-order valence-corrected chi connectivity index (χ1v) is 4.31. The van der Waals surface area contributed by atoms with Crippen LogP contribution < -0.4 is 0 Å². The lowest BCUT2D eigenvalue weighted by Gasteiger charge is -2.03. The molecule has 0 bridgehead atoms. The Kier molecular flexibility index (Phi) is 1.88. The molecular weight excluding hydrogens is 164 g/mol. The number of imidazole rings is 2. The molecule has 0 aliphatic heterocycles. The highest BCUT2D eigenvalue weighted by Crippen LogP contribution is 2.13. The van der Waals surface area contributed by atoms with Crippen LogP contribution >= 0.6 is 0 Å². The molecule has 0 saturated carbocycles. The van der Waals surface area contributed by atoms with Crippen LogP contribution in [-0.2, 0) is 13.6 Å². The summed E-state index contributed by atoms with van der Waals surface area (Å²) in [6.45, 7) is 3.01. The van der Waals surface area contributed by atoms with E-state index in [1.54, 1.807) is 12.4 Å². The molecular formula is C9H12N4. The van der Waals surface area contributed by atoms with E-state index < -0.39 is 0 Å². The van der Waals surface area contributed by atoms with Gasteiger partial charge in [0.25, 0.3) is 0 Å². The molecule has 0 saturated heterocycles. The lowest BCUT2D eigenvalue weighted by Crippen LogP contribution is -2.00. The predicted octanol–water partition coefficient (Wildman–Crippen LogP) is 1.30. The van der Waals surface area contributed by atoms with Crippen LogP contribution in [0.4, 0.5) is 0 Å². The molecule has 0 aliphatic rings. The first-order valence-electron chi connectivity index (χ1n) is 4.31. The molecule has 0 spiro atoms. The van der Waals surface area contributed by atoms with Crippen LogP contribution in [0.1, 0.15) is 6.92 Å². The van der Waals surface area contributed by atoms with E-state index in [4.69, 9.17) is 0 Å². The molecule has 0 fully saturated rings. The lowest BCUT2D eigenvalue weighted by atomic mass is 10.5. The Bertz CT molecular complexity index is 399. The van der Waals surface area contributed by atoms with Crippen molar-refractivity contribution in [2.75, 3.05) is 0 Å². The number of rotatable bonds is 2. The topological polar surface area (TPSA) is 35.6 Å². The van der Waals surface area contributed by atoms with E-state index in [1.165, 1.54) is 0 Å². The van der Waals surface area contributed by atoms with Crippen LogP contribution in [0, 0.1) is 0 Å². The van der Waals surface area contributed by atoms with Crippen molar-refractivity contribution < 1.29 is 0 Å². The van der Waals surface area contributed by atoms with Crippen molar-refractivity contribution in [2.24, 2.45) is 7.05 Å². The van der Waals surface area contributed by atoms with Crippen molar-refractivity contribution in [1.82, 2.24) is 19.1 Å². The van der Waals surface area contributed by atoms with Gasteiger partial charge in [-0.2, -0.15) is 0 Å². The molecule has 2 aromatic rings. The number of hydrogen-bond acceptors (Lipinski definition) is 2. The van der Waals surface area contributed by atoms with Crippen LogP contribution in [-0.4, -0.2) is 19.1 Å². The molecule has 0 amide bonds. The highest BCUT2D eigenvalue weighted by molar-refractivity contribution is 5.44. The number of aromatic nitrogens is 4. The Labute approximate surface area is 76.9 Å². The summed E-state index contributed by atoms with van der Waals surface area (Å²) in [5, 5.41) is 0. The van der Waals surface area contributed by atoms with Crippen LogP contribution in [0.3, 0.4) is 0 Å². The third-order valence-corrected chi connectivity index (χ3v) is 2.08. The standard InChI is InChI=1S/C9H12N4/c1-3-13-7-5-11-9(13)8-10-4-6-12(8)2/h4-7H,3H2,1-2H3. The van der Waals surface area contributed by atoms with Gasteiger partial charge in [-0.05, 0) is 6.92 Å². The van der Waals surface area contributed by atoms with E-state index in [-0.39, 0.29) is 0 Å². The Morgan fingerprint density at radius 3 is 2.46 bits per heavy atom. The maximum atomic E-state index is 4.27. The minimum Gasteiger partial charge on any atom is -0.331 e. The Hall–Kier alpha value is -1.58. The third kappa shape index (κ3) is 1.24. The molecule has 0 aromatic carbocycles. The van der Waals surface area contributed by atoms with Gasteiger partial charge in [0, 0.05) is 38.4 Å². The van der Waals surface area contributed by atoms with Crippen LogP contribution in [0.25, 0.3) is 11.6 Å². The fourth-order valence-corrected chi connectivity index (χ4v) is 1.35. The van der Waals surface area contributed by atoms with Gasteiger partial charge in [-0.25, -0.2) is 9.97 Å². The Morgan fingerprint density at radius 2 is 1.85 bits per heavy atom. The second-order valence-corrected chi connectivity index (χ2v) is 2.90. The summed E-state index contributed by atoms with van der Waals surface area (Å²) in [5.74, 6) is 1.84. The van der Waals surface area contributed by atoms with Crippen molar-refractivity contribution >= 4 is 0 Å². The number of nitrogens with zero attached hydrogens (tertiary/aromatic N) is 4. The average Bonchev–Trinajstić information content (AvgIpc) is 2.71. The van der Waals surface area contributed by atoms with Gasteiger partial charge in [-0.1, -0.05) is 0 Å². The van der Waals surface area contributed by atoms with Crippen molar-refractivity contribution in [3.8, 4) is 11.6 Å². The monoisotopic (exact) mass is 176 g/mol. The SMILES string of the molecule is CCn1ccnc1-c1nccn1C. The van der Waals surface area contributed by atoms with Crippen LogP contribution in [0.2, 0.25) is 0 Å². The van der Waals surface area contributed by atoms with E-state index in [2.05, 4.69) is 21.5 Å². The maximum Gasteiger partial charge on any atom is 0.176 e. The molecule has 68 valence electrons. The molecule has 4 heteroatoms. The normalized spacial score (nSPS) is 10.6. The van der Waals surface area contributed by atoms with Crippen molar-refractivity contribution in [1.29, 1.82) is 0 Å². The zero-order valence-electron chi connectivity index (χ0n) is 7.81. The van der Waals surface area contributed by atoms with E-state index >= 15 is 0 Å². The molecule has 0 radical (unpaired) electrons. The van der Waals surface area contributed by atoms with Crippen molar-refractivity contribution in [2.45, 2.75) is 13.5 Å². The highest BCUT2D eigenvalue weighted by atomic mass is 15.1. The van der Waals surface area contributed by atoms with Crippen LogP contribution in [0.15, 0.2) is 24.8 Å². The molecule has 2 rings (SSSR count). The summed E-state index contributed by atoms with van der Waals surface area (Å²) in [6, 6.07) is 0. The predicted molar refractivity (Wildman–Crippen MR) is 50.1 cm³/mol. The minimum atomic E-state index is 0.909. The first kappa shape index (κ1) is 8.04. The zero-order chi connectivity index (χ0) is 9.26. The second-order valence-electron chi connectivity index (χ2n) is 2.90. The van der Waals surface area contributed by atoms with Gasteiger partial charge in [0.05, 0.1) is 0 Å². The van der Waals surface area contributed by atoms with Gasteiger partial charge in [0.15, 0.2) is 11.6 Å². The summed E-state index contributed by atoms with van der Waals surface area (Å²) < 4.78 is 4.04. The summed E-state index contributed by atoms with van der Waals surface area (Å²) >= 11 is 0. The highest BCUT2D eigenvalue weighted by Gasteiger charge is 2.08. The van der Waals surface area contributed by atoms with Gasteiger partial charge in [0.1, 0.15) is 0 Å². The average molecular weight is 176 g/mol.